The zero-order valence-electron chi connectivity index (χ0n) is 10.6. The summed E-state index contributed by atoms with van der Waals surface area (Å²) in [4.78, 5) is 11.6. The maximum Gasteiger partial charge on any atom is 0.407 e. The maximum atomic E-state index is 11.6. The van der Waals surface area contributed by atoms with Crippen LogP contribution < -0.4 is 5.32 Å². The van der Waals surface area contributed by atoms with Crippen molar-refractivity contribution in [3.8, 4) is 0 Å². The van der Waals surface area contributed by atoms with Gasteiger partial charge in [0.15, 0.2) is 0 Å². The molecule has 1 heterocycles. The van der Waals surface area contributed by atoms with Crippen LogP contribution in [-0.4, -0.2) is 31.5 Å². The second kappa shape index (κ2) is 6.40. The molecule has 0 bridgehead atoms. The van der Waals surface area contributed by atoms with Crippen molar-refractivity contribution in [3.05, 3.63) is 35.9 Å². The van der Waals surface area contributed by atoms with E-state index in [1.54, 1.807) is 0 Å². The molecular formula is C14H19NO3. The van der Waals surface area contributed by atoms with Gasteiger partial charge in [0.25, 0.3) is 0 Å². The lowest BCUT2D eigenvalue weighted by molar-refractivity contribution is 0.0812. The van der Waals surface area contributed by atoms with Gasteiger partial charge in [-0.25, -0.2) is 4.79 Å². The predicted octanol–water partition coefficient (Wildman–Crippen LogP) is 2.13. The SMILES string of the molecule is CC(Cc1ccccc1)NC(=O)OC1CCOC1. The van der Waals surface area contributed by atoms with Crippen molar-refractivity contribution in [3.63, 3.8) is 0 Å². The van der Waals surface area contributed by atoms with Crippen LogP contribution in [0.15, 0.2) is 30.3 Å². The minimum absolute atomic E-state index is 0.0576. The van der Waals surface area contributed by atoms with Gasteiger partial charge in [-0.2, -0.15) is 0 Å². The van der Waals surface area contributed by atoms with Gasteiger partial charge in [-0.1, -0.05) is 30.3 Å². The highest BCUT2D eigenvalue weighted by Crippen LogP contribution is 2.08. The summed E-state index contributed by atoms with van der Waals surface area (Å²) in [7, 11) is 0. The lowest BCUT2D eigenvalue weighted by atomic mass is 10.1. The van der Waals surface area contributed by atoms with Gasteiger partial charge in [-0.05, 0) is 18.9 Å². The first kappa shape index (κ1) is 12.9. The van der Waals surface area contributed by atoms with Gasteiger partial charge in [0, 0.05) is 12.5 Å². The Hall–Kier alpha value is -1.55. The Labute approximate surface area is 107 Å². The van der Waals surface area contributed by atoms with Crippen molar-refractivity contribution in [2.24, 2.45) is 0 Å². The second-order valence-electron chi connectivity index (χ2n) is 4.63. The first-order valence-electron chi connectivity index (χ1n) is 6.33. The maximum absolute atomic E-state index is 11.6. The van der Waals surface area contributed by atoms with Gasteiger partial charge >= 0.3 is 6.09 Å². The number of amides is 1. The fourth-order valence-electron chi connectivity index (χ4n) is 2.01. The monoisotopic (exact) mass is 249 g/mol. The number of benzene rings is 1. The molecule has 1 amide bonds. The number of carbonyl (C=O) groups is 1. The Bertz CT molecular complexity index is 374. The summed E-state index contributed by atoms with van der Waals surface area (Å²) in [6.07, 6.45) is 1.15. The molecule has 0 aromatic heterocycles. The average molecular weight is 249 g/mol. The molecule has 0 aliphatic carbocycles. The van der Waals surface area contributed by atoms with E-state index >= 15 is 0 Å². The van der Waals surface area contributed by atoms with Gasteiger partial charge in [0.2, 0.25) is 0 Å². The van der Waals surface area contributed by atoms with Crippen LogP contribution in [0.4, 0.5) is 4.79 Å². The first-order chi connectivity index (χ1) is 8.74. The zero-order chi connectivity index (χ0) is 12.8. The number of hydrogen-bond acceptors (Lipinski definition) is 3. The first-order valence-corrected chi connectivity index (χ1v) is 6.33. The highest BCUT2D eigenvalue weighted by atomic mass is 16.6. The summed E-state index contributed by atoms with van der Waals surface area (Å²) >= 11 is 0. The van der Waals surface area contributed by atoms with E-state index in [2.05, 4.69) is 5.32 Å². The van der Waals surface area contributed by atoms with E-state index < -0.39 is 0 Å². The Balaban J connectivity index is 1.73. The summed E-state index contributed by atoms with van der Waals surface area (Å²) in [6.45, 7) is 3.16. The van der Waals surface area contributed by atoms with Crippen LogP contribution in [0.25, 0.3) is 0 Å². The van der Waals surface area contributed by atoms with Crippen LogP contribution in [0.3, 0.4) is 0 Å². The Kier molecular flexibility index (Phi) is 4.59. The zero-order valence-corrected chi connectivity index (χ0v) is 10.6. The third-order valence-corrected chi connectivity index (χ3v) is 2.91. The molecule has 1 aliphatic heterocycles. The van der Waals surface area contributed by atoms with E-state index in [0.29, 0.717) is 13.2 Å². The molecule has 2 atom stereocenters. The molecule has 18 heavy (non-hydrogen) atoms. The summed E-state index contributed by atoms with van der Waals surface area (Å²) in [6, 6.07) is 10.1. The number of rotatable bonds is 4. The number of hydrogen-bond donors (Lipinski definition) is 1. The molecular weight excluding hydrogens is 230 g/mol. The lowest BCUT2D eigenvalue weighted by Gasteiger charge is -2.16. The molecule has 2 rings (SSSR count). The second-order valence-corrected chi connectivity index (χ2v) is 4.63. The summed E-state index contributed by atoms with van der Waals surface area (Å²) in [5, 5.41) is 2.84. The summed E-state index contributed by atoms with van der Waals surface area (Å²) in [5.74, 6) is 0. The fourth-order valence-corrected chi connectivity index (χ4v) is 2.01. The van der Waals surface area contributed by atoms with Crippen LogP contribution in [0.2, 0.25) is 0 Å². The Morgan fingerprint density at radius 2 is 2.28 bits per heavy atom. The Morgan fingerprint density at radius 1 is 1.50 bits per heavy atom. The molecule has 1 fully saturated rings. The minimum Gasteiger partial charge on any atom is -0.444 e. The highest BCUT2D eigenvalue weighted by molar-refractivity contribution is 5.67. The third-order valence-electron chi connectivity index (χ3n) is 2.91. The van der Waals surface area contributed by atoms with E-state index in [4.69, 9.17) is 9.47 Å². The van der Waals surface area contributed by atoms with Crippen molar-refractivity contribution in [2.75, 3.05) is 13.2 Å². The van der Waals surface area contributed by atoms with E-state index in [9.17, 15) is 4.79 Å². The third kappa shape index (κ3) is 4.04. The number of ether oxygens (including phenoxy) is 2. The van der Waals surface area contributed by atoms with Crippen LogP contribution in [-0.2, 0) is 15.9 Å². The molecule has 2 unspecified atom stereocenters. The number of alkyl carbamates (subject to hydrolysis) is 1. The molecule has 1 aliphatic rings. The van der Waals surface area contributed by atoms with Crippen molar-refractivity contribution in [1.82, 2.24) is 5.32 Å². The molecule has 4 nitrogen and oxygen atoms in total. The van der Waals surface area contributed by atoms with Crippen LogP contribution in [0, 0.1) is 0 Å². The Morgan fingerprint density at radius 3 is 2.94 bits per heavy atom. The quantitative estimate of drug-likeness (QED) is 0.889. The molecule has 4 heteroatoms. The van der Waals surface area contributed by atoms with Crippen LogP contribution in [0.5, 0.6) is 0 Å². The molecule has 1 saturated heterocycles. The molecule has 98 valence electrons. The molecule has 1 aromatic rings. The normalized spacial score (nSPS) is 20.4. The average Bonchev–Trinajstić information content (AvgIpc) is 2.82. The van der Waals surface area contributed by atoms with E-state index in [1.165, 1.54) is 5.56 Å². The van der Waals surface area contributed by atoms with E-state index in [-0.39, 0.29) is 18.2 Å². The van der Waals surface area contributed by atoms with Crippen molar-refractivity contribution < 1.29 is 14.3 Å². The van der Waals surface area contributed by atoms with Crippen molar-refractivity contribution in [2.45, 2.75) is 31.9 Å². The van der Waals surface area contributed by atoms with Gasteiger partial charge in [-0.15, -0.1) is 0 Å². The minimum atomic E-state index is -0.353. The van der Waals surface area contributed by atoms with Crippen LogP contribution in [0.1, 0.15) is 18.9 Å². The standard InChI is InChI=1S/C14H19NO3/c1-11(9-12-5-3-2-4-6-12)15-14(16)18-13-7-8-17-10-13/h2-6,11,13H,7-10H2,1H3,(H,15,16). The molecule has 0 radical (unpaired) electrons. The van der Waals surface area contributed by atoms with E-state index in [1.807, 2.05) is 37.3 Å². The van der Waals surface area contributed by atoms with Gasteiger partial charge in [-0.3, -0.25) is 0 Å². The van der Waals surface area contributed by atoms with E-state index in [0.717, 1.165) is 12.8 Å². The fraction of sp³-hybridized carbons (Fsp3) is 0.500. The van der Waals surface area contributed by atoms with Gasteiger partial charge in [0.1, 0.15) is 6.10 Å². The van der Waals surface area contributed by atoms with Gasteiger partial charge in [0.05, 0.1) is 13.2 Å². The molecule has 1 aromatic carbocycles. The molecule has 0 saturated carbocycles. The largest absolute Gasteiger partial charge is 0.444 e. The lowest BCUT2D eigenvalue weighted by Crippen LogP contribution is -2.36. The number of carbonyl (C=O) groups excluding carboxylic acids is 1. The van der Waals surface area contributed by atoms with Crippen molar-refractivity contribution in [1.29, 1.82) is 0 Å². The van der Waals surface area contributed by atoms with Gasteiger partial charge < -0.3 is 14.8 Å². The highest BCUT2D eigenvalue weighted by Gasteiger charge is 2.20. The summed E-state index contributed by atoms with van der Waals surface area (Å²) < 4.78 is 10.4. The predicted molar refractivity (Wildman–Crippen MR) is 68.4 cm³/mol. The molecule has 0 spiro atoms. The van der Waals surface area contributed by atoms with Crippen LogP contribution >= 0.6 is 0 Å². The summed E-state index contributed by atoms with van der Waals surface area (Å²) in [5.41, 5.74) is 1.20. The molecule has 1 N–H and O–H groups in total. The van der Waals surface area contributed by atoms with Crippen molar-refractivity contribution >= 4 is 6.09 Å². The number of nitrogens with one attached hydrogen (secondary N) is 1. The topological polar surface area (TPSA) is 47.6 Å². The smallest absolute Gasteiger partial charge is 0.407 e.